The van der Waals surface area contributed by atoms with Crippen molar-refractivity contribution in [2.24, 2.45) is 5.92 Å². The van der Waals surface area contributed by atoms with Crippen molar-refractivity contribution >= 4 is 5.78 Å². The largest absolute Gasteiger partial charge is 0.377 e. The number of hydrogen-bond donors (Lipinski definition) is 0. The van der Waals surface area contributed by atoms with Crippen molar-refractivity contribution in [3.8, 4) is 11.8 Å². The summed E-state index contributed by atoms with van der Waals surface area (Å²) in [5, 5.41) is 0. The fourth-order valence-electron chi connectivity index (χ4n) is 1.14. The van der Waals surface area contributed by atoms with Gasteiger partial charge in [-0.05, 0) is 13.0 Å². The standard InChI is InChI=1S/C11H17NO2/c1-9(2)11(13)5-4-10-8-14-7-6-12(10)3/h9-10H,6-8H2,1-3H3. The van der Waals surface area contributed by atoms with Crippen LogP contribution >= 0.6 is 0 Å². The van der Waals surface area contributed by atoms with Crippen LogP contribution in [-0.2, 0) is 9.53 Å². The van der Waals surface area contributed by atoms with E-state index < -0.39 is 0 Å². The molecule has 0 aromatic rings. The van der Waals surface area contributed by atoms with Crippen molar-refractivity contribution in [3.05, 3.63) is 0 Å². The van der Waals surface area contributed by atoms with Crippen LogP contribution in [-0.4, -0.2) is 43.5 Å². The minimum atomic E-state index is -0.00249. The molecule has 0 saturated carbocycles. The molecule has 0 N–H and O–H groups in total. The molecule has 1 aliphatic heterocycles. The first-order valence-electron chi connectivity index (χ1n) is 4.94. The zero-order valence-electron chi connectivity index (χ0n) is 9.04. The fraction of sp³-hybridized carbons (Fsp3) is 0.727. The van der Waals surface area contributed by atoms with Gasteiger partial charge in [0.2, 0.25) is 5.78 Å². The first kappa shape index (κ1) is 11.2. The van der Waals surface area contributed by atoms with Gasteiger partial charge in [-0.1, -0.05) is 19.8 Å². The summed E-state index contributed by atoms with van der Waals surface area (Å²) in [5.74, 6) is 5.63. The third kappa shape index (κ3) is 3.13. The summed E-state index contributed by atoms with van der Waals surface area (Å²) in [7, 11) is 2.00. The zero-order valence-corrected chi connectivity index (χ0v) is 9.04. The van der Waals surface area contributed by atoms with Crippen LogP contribution in [0.1, 0.15) is 13.8 Å². The fourth-order valence-corrected chi connectivity index (χ4v) is 1.14. The minimum Gasteiger partial charge on any atom is -0.377 e. The van der Waals surface area contributed by atoms with E-state index in [1.165, 1.54) is 0 Å². The summed E-state index contributed by atoms with van der Waals surface area (Å²) in [4.78, 5) is 13.4. The summed E-state index contributed by atoms with van der Waals surface area (Å²) in [6.07, 6.45) is 0. The molecule has 1 heterocycles. The van der Waals surface area contributed by atoms with Crippen molar-refractivity contribution < 1.29 is 9.53 Å². The third-order valence-corrected chi connectivity index (χ3v) is 2.28. The molecular formula is C11H17NO2. The smallest absolute Gasteiger partial charge is 0.208 e. The highest BCUT2D eigenvalue weighted by molar-refractivity contribution is 5.96. The second kappa shape index (κ2) is 5.14. The Morgan fingerprint density at radius 2 is 2.29 bits per heavy atom. The van der Waals surface area contributed by atoms with Crippen molar-refractivity contribution in [2.45, 2.75) is 19.9 Å². The Balaban J connectivity index is 2.52. The normalized spacial score (nSPS) is 23.0. The summed E-state index contributed by atoms with van der Waals surface area (Å²) >= 11 is 0. The predicted octanol–water partition coefficient (Wildman–Crippen LogP) is 0.546. The first-order valence-corrected chi connectivity index (χ1v) is 4.94. The van der Waals surface area contributed by atoms with Gasteiger partial charge in [0.1, 0.15) is 0 Å². The molecule has 14 heavy (non-hydrogen) atoms. The summed E-state index contributed by atoms with van der Waals surface area (Å²) < 4.78 is 5.29. The number of carbonyl (C=O) groups excluding carboxylic acids is 1. The van der Waals surface area contributed by atoms with E-state index in [1.54, 1.807) is 0 Å². The molecular weight excluding hydrogens is 178 g/mol. The Hall–Kier alpha value is -0.850. The highest BCUT2D eigenvalue weighted by atomic mass is 16.5. The van der Waals surface area contributed by atoms with E-state index in [0.717, 1.165) is 13.2 Å². The Labute approximate surface area is 85.4 Å². The van der Waals surface area contributed by atoms with Gasteiger partial charge in [-0.2, -0.15) is 0 Å². The zero-order chi connectivity index (χ0) is 10.6. The van der Waals surface area contributed by atoms with Gasteiger partial charge in [0.05, 0.1) is 19.3 Å². The Kier molecular flexibility index (Phi) is 4.12. The number of likely N-dealkylation sites (N-methyl/N-ethyl adjacent to an activating group) is 1. The topological polar surface area (TPSA) is 29.5 Å². The highest BCUT2D eigenvalue weighted by Gasteiger charge is 2.16. The van der Waals surface area contributed by atoms with Crippen molar-refractivity contribution in [1.82, 2.24) is 4.90 Å². The molecule has 0 amide bonds. The Morgan fingerprint density at radius 1 is 1.57 bits per heavy atom. The van der Waals surface area contributed by atoms with Gasteiger partial charge in [-0.3, -0.25) is 9.69 Å². The van der Waals surface area contributed by atoms with Crippen molar-refractivity contribution in [1.29, 1.82) is 0 Å². The molecule has 0 aromatic heterocycles. The lowest BCUT2D eigenvalue weighted by Gasteiger charge is -2.28. The van der Waals surface area contributed by atoms with Gasteiger partial charge in [-0.15, -0.1) is 0 Å². The number of ether oxygens (including phenoxy) is 1. The Bertz CT molecular complexity index is 262. The van der Waals surface area contributed by atoms with E-state index in [0.29, 0.717) is 6.61 Å². The lowest BCUT2D eigenvalue weighted by molar-refractivity contribution is -0.116. The van der Waals surface area contributed by atoms with Crippen LogP contribution < -0.4 is 0 Å². The summed E-state index contributed by atoms with van der Waals surface area (Å²) in [6, 6.07) is 0.0754. The van der Waals surface area contributed by atoms with Crippen LogP contribution in [0.4, 0.5) is 0 Å². The molecule has 1 aliphatic rings. The van der Waals surface area contributed by atoms with Gasteiger partial charge < -0.3 is 4.74 Å². The molecule has 0 bridgehead atoms. The molecule has 1 rings (SSSR count). The number of carbonyl (C=O) groups is 1. The van der Waals surface area contributed by atoms with E-state index >= 15 is 0 Å². The van der Waals surface area contributed by atoms with Gasteiger partial charge >= 0.3 is 0 Å². The predicted molar refractivity (Wildman–Crippen MR) is 54.9 cm³/mol. The van der Waals surface area contributed by atoms with E-state index in [-0.39, 0.29) is 17.7 Å². The lowest BCUT2D eigenvalue weighted by atomic mass is 10.1. The SMILES string of the molecule is CC(C)C(=O)C#CC1COCCN1C. The molecule has 0 spiro atoms. The second-order valence-corrected chi connectivity index (χ2v) is 3.86. The van der Waals surface area contributed by atoms with Gasteiger partial charge in [0, 0.05) is 12.5 Å². The number of morpholine rings is 1. The number of ketones is 1. The molecule has 3 nitrogen and oxygen atoms in total. The van der Waals surface area contributed by atoms with Gasteiger partial charge in [-0.25, -0.2) is 0 Å². The van der Waals surface area contributed by atoms with E-state index in [2.05, 4.69) is 16.7 Å². The molecule has 1 fully saturated rings. The highest BCUT2D eigenvalue weighted by Crippen LogP contribution is 2.02. The maximum absolute atomic E-state index is 11.3. The minimum absolute atomic E-state index is 0.00249. The average molecular weight is 195 g/mol. The van der Waals surface area contributed by atoms with E-state index in [4.69, 9.17) is 4.74 Å². The molecule has 1 unspecified atom stereocenters. The molecule has 0 aliphatic carbocycles. The van der Waals surface area contributed by atoms with Crippen LogP contribution in [0, 0.1) is 17.8 Å². The molecule has 1 saturated heterocycles. The van der Waals surface area contributed by atoms with Crippen LogP contribution in [0.5, 0.6) is 0 Å². The molecule has 3 heteroatoms. The molecule has 1 atom stereocenters. The number of Topliss-reactive ketones (excluding diaryl/α,β-unsaturated/α-hetero) is 1. The molecule has 0 radical (unpaired) electrons. The summed E-state index contributed by atoms with van der Waals surface area (Å²) in [6.45, 7) is 5.97. The van der Waals surface area contributed by atoms with Crippen LogP contribution in [0.15, 0.2) is 0 Å². The first-order chi connectivity index (χ1) is 6.61. The van der Waals surface area contributed by atoms with Crippen LogP contribution in [0.3, 0.4) is 0 Å². The number of nitrogens with zero attached hydrogens (tertiary/aromatic N) is 1. The third-order valence-electron chi connectivity index (χ3n) is 2.28. The number of hydrogen-bond acceptors (Lipinski definition) is 3. The average Bonchev–Trinajstić information content (AvgIpc) is 2.16. The molecule has 78 valence electrons. The van der Waals surface area contributed by atoms with E-state index in [9.17, 15) is 4.79 Å². The van der Waals surface area contributed by atoms with Crippen LogP contribution in [0.2, 0.25) is 0 Å². The van der Waals surface area contributed by atoms with Gasteiger partial charge in [0.25, 0.3) is 0 Å². The lowest BCUT2D eigenvalue weighted by Crippen LogP contribution is -2.41. The maximum Gasteiger partial charge on any atom is 0.208 e. The second-order valence-electron chi connectivity index (χ2n) is 3.86. The van der Waals surface area contributed by atoms with Crippen molar-refractivity contribution in [2.75, 3.05) is 26.8 Å². The van der Waals surface area contributed by atoms with E-state index in [1.807, 2.05) is 20.9 Å². The monoisotopic (exact) mass is 195 g/mol. The van der Waals surface area contributed by atoms with Gasteiger partial charge in [0.15, 0.2) is 0 Å². The quantitative estimate of drug-likeness (QED) is 0.452. The van der Waals surface area contributed by atoms with Crippen molar-refractivity contribution in [3.63, 3.8) is 0 Å². The van der Waals surface area contributed by atoms with Crippen LogP contribution in [0.25, 0.3) is 0 Å². The summed E-state index contributed by atoms with van der Waals surface area (Å²) in [5.41, 5.74) is 0. The molecule has 0 aromatic carbocycles. The number of rotatable bonds is 1. The maximum atomic E-state index is 11.3. The Morgan fingerprint density at radius 3 is 2.86 bits per heavy atom.